The van der Waals surface area contributed by atoms with Crippen LogP contribution in [0.4, 0.5) is 5.13 Å². The Morgan fingerprint density at radius 3 is 2.45 bits per heavy atom. The molecule has 4 rings (SSSR count). The van der Waals surface area contributed by atoms with Crippen LogP contribution in [0.5, 0.6) is 0 Å². The Balaban J connectivity index is 1.46. The summed E-state index contributed by atoms with van der Waals surface area (Å²) in [6, 6.07) is 12.4. The lowest BCUT2D eigenvalue weighted by Crippen LogP contribution is -2.38. The van der Waals surface area contributed by atoms with E-state index in [-0.39, 0.29) is 16.8 Å². The van der Waals surface area contributed by atoms with Gasteiger partial charge in [0.1, 0.15) is 0 Å². The quantitative estimate of drug-likeness (QED) is 0.493. The Hall–Kier alpha value is -2.55. The number of aryl methyl sites for hydroxylation is 2. The summed E-state index contributed by atoms with van der Waals surface area (Å²) in [5.41, 5.74) is 4.53. The molecule has 0 atom stereocenters. The zero-order valence-electron chi connectivity index (χ0n) is 19.2. The molecular formula is C25H29N3O3S2. The summed E-state index contributed by atoms with van der Waals surface area (Å²) >= 11 is 1.36. The molecule has 1 saturated carbocycles. The van der Waals surface area contributed by atoms with E-state index in [0.717, 1.165) is 48.1 Å². The van der Waals surface area contributed by atoms with E-state index in [1.807, 2.05) is 19.2 Å². The lowest BCUT2D eigenvalue weighted by Gasteiger charge is -2.30. The van der Waals surface area contributed by atoms with Crippen molar-refractivity contribution in [2.45, 2.75) is 56.9 Å². The van der Waals surface area contributed by atoms with Gasteiger partial charge in [0.05, 0.1) is 10.6 Å². The number of hydrogen-bond donors (Lipinski definition) is 1. The van der Waals surface area contributed by atoms with E-state index >= 15 is 0 Å². The number of sulfonamides is 1. The largest absolute Gasteiger partial charge is 0.298 e. The maximum absolute atomic E-state index is 13.0. The predicted molar refractivity (Wildman–Crippen MR) is 133 cm³/mol. The number of anilines is 1. The fourth-order valence-electron chi connectivity index (χ4n) is 4.22. The number of carbonyl (C=O) groups is 1. The van der Waals surface area contributed by atoms with E-state index in [4.69, 9.17) is 0 Å². The van der Waals surface area contributed by atoms with Gasteiger partial charge in [-0.15, -0.1) is 11.3 Å². The van der Waals surface area contributed by atoms with Crippen molar-refractivity contribution >= 4 is 32.4 Å². The van der Waals surface area contributed by atoms with Crippen LogP contribution < -0.4 is 5.32 Å². The van der Waals surface area contributed by atoms with E-state index in [2.05, 4.69) is 28.5 Å². The minimum Gasteiger partial charge on any atom is -0.298 e. The molecular weight excluding hydrogens is 454 g/mol. The Kier molecular flexibility index (Phi) is 6.97. The molecule has 3 aromatic rings. The maximum atomic E-state index is 13.0. The number of carbonyl (C=O) groups excluding carboxylic acids is 1. The van der Waals surface area contributed by atoms with Crippen molar-refractivity contribution in [3.8, 4) is 11.3 Å². The highest BCUT2D eigenvalue weighted by molar-refractivity contribution is 7.89. The van der Waals surface area contributed by atoms with Crippen molar-refractivity contribution in [2.75, 3.05) is 12.4 Å². The number of aromatic nitrogens is 1. The summed E-state index contributed by atoms with van der Waals surface area (Å²) < 4.78 is 27.5. The van der Waals surface area contributed by atoms with Crippen molar-refractivity contribution < 1.29 is 13.2 Å². The predicted octanol–water partition coefficient (Wildman–Crippen LogP) is 5.63. The van der Waals surface area contributed by atoms with Crippen LogP contribution in [-0.4, -0.2) is 36.7 Å². The van der Waals surface area contributed by atoms with E-state index in [0.29, 0.717) is 10.7 Å². The van der Waals surface area contributed by atoms with Crippen molar-refractivity contribution in [1.82, 2.24) is 9.29 Å². The van der Waals surface area contributed by atoms with Gasteiger partial charge in [-0.05, 0) is 62.6 Å². The maximum Gasteiger partial charge on any atom is 0.257 e. The molecule has 1 fully saturated rings. The number of hydrogen-bond acceptors (Lipinski definition) is 5. The van der Waals surface area contributed by atoms with Gasteiger partial charge in [-0.2, -0.15) is 4.31 Å². The Bertz CT molecular complexity index is 1240. The number of thiazole rings is 1. The summed E-state index contributed by atoms with van der Waals surface area (Å²) in [4.78, 5) is 17.5. The average molecular weight is 484 g/mol. The van der Waals surface area contributed by atoms with Crippen LogP contribution in [0.25, 0.3) is 11.3 Å². The molecule has 8 heteroatoms. The molecule has 33 heavy (non-hydrogen) atoms. The highest BCUT2D eigenvalue weighted by Crippen LogP contribution is 2.29. The molecule has 1 heterocycles. The van der Waals surface area contributed by atoms with Crippen molar-refractivity contribution in [2.24, 2.45) is 0 Å². The molecule has 174 valence electrons. The number of rotatable bonds is 6. The molecule has 1 N–H and O–H groups in total. The molecule has 0 radical (unpaired) electrons. The standard InChI is InChI=1S/C25H29N3O3S2/c1-17-9-10-18(2)22(15-17)23-16-32-25(26-23)27-24(29)19-11-13-21(14-12-19)33(30,31)28(3)20-7-5-4-6-8-20/h9-16,20H,4-8H2,1-3H3,(H,26,27,29). The normalized spacial score (nSPS) is 15.0. The van der Waals surface area contributed by atoms with Crippen LogP contribution in [0.15, 0.2) is 52.7 Å². The van der Waals surface area contributed by atoms with Gasteiger partial charge in [0.25, 0.3) is 5.91 Å². The first-order valence-electron chi connectivity index (χ1n) is 11.2. The van der Waals surface area contributed by atoms with Crippen LogP contribution in [0.2, 0.25) is 0 Å². The lowest BCUT2D eigenvalue weighted by atomic mass is 9.96. The number of nitrogens with one attached hydrogen (secondary N) is 1. The van der Waals surface area contributed by atoms with Crippen LogP contribution in [0.3, 0.4) is 0 Å². The second-order valence-electron chi connectivity index (χ2n) is 8.65. The van der Waals surface area contributed by atoms with Gasteiger partial charge in [-0.1, -0.05) is 37.0 Å². The van der Waals surface area contributed by atoms with Crippen LogP contribution in [0, 0.1) is 13.8 Å². The lowest BCUT2D eigenvalue weighted by molar-refractivity contribution is 0.102. The van der Waals surface area contributed by atoms with E-state index < -0.39 is 10.0 Å². The third-order valence-electron chi connectivity index (χ3n) is 6.28. The smallest absolute Gasteiger partial charge is 0.257 e. The first-order chi connectivity index (χ1) is 15.8. The zero-order chi connectivity index (χ0) is 23.6. The second-order valence-corrected chi connectivity index (χ2v) is 11.5. The van der Waals surface area contributed by atoms with E-state index in [9.17, 15) is 13.2 Å². The van der Waals surface area contributed by atoms with Crippen LogP contribution in [-0.2, 0) is 10.0 Å². The summed E-state index contributed by atoms with van der Waals surface area (Å²) in [7, 11) is -1.93. The topological polar surface area (TPSA) is 79.4 Å². The summed E-state index contributed by atoms with van der Waals surface area (Å²) in [6.45, 7) is 4.07. The Morgan fingerprint density at radius 2 is 1.76 bits per heavy atom. The zero-order valence-corrected chi connectivity index (χ0v) is 20.8. The molecule has 0 aliphatic heterocycles. The van der Waals surface area contributed by atoms with Gasteiger partial charge in [0.15, 0.2) is 5.13 Å². The van der Waals surface area contributed by atoms with Gasteiger partial charge < -0.3 is 0 Å². The monoisotopic (exact) mass is 483 g/mol. The van der Waals surface area contributed by atoms with Gasteiger partial charge in [-0.25, -0.2) is 13.4 Å². The molecule has 1 aliphatic rings. The number of nitrogens with zero attached hydrogens (tertiary/aromatic N) is 2. The fraction of sp³-hybridized carbons (Fsp3) is 0.360. The molecule has 0 saturated heterocycles. The minimum absolute atomic E-state index is 0.0443. The van der Waals surface area contributed by atoms with Crippen molar-refractivity contribution in [3.05, 3.63) is 64.5 Å². The third kappa shape index (κ3) is 5.18. The fourth-order valence-corrected chi connectivity index (χ4v) is 6.34. The van der Waals surface area contributed by atoms with Gasteiger partial charge >= 0.3 is 0 Å². The highest BCUT2D eigenvalue weighted by Gasteiger charge is 2.29. The van der Waals surface area contributed by atoms with Crippen LogP contribution in [0.1, 0.15) is 53.6 Å². The van der Waals surface area contributed by atoms with Crippen molar-refractivity contribution in [3.63, 3.8) is 0 Å². The van der Waals surface area contributed by atoms with E-state index in [1.165, 1.54) is 34.2 Å². The second kappa shape index (κ2) is 9.75. The summed E-state index contributed by atoms with van der Waals surface area (Å²) in [5, 5.41) is 5.25. The Morgan fingerprint density at radius 1 is 1.06 bits per heavy atom. The van der Waals surface area contributed by atoms with Crippen molar-refractivity contribution in [1.29, 1.82) is 0 Å². The Labute approximate surface area is 199 Å². The SMILES string of the molecule is Cc1ccc(C)c(-c2csc(NC(=O)c3ccc(S(=O)(=O)N(C)C4CCCCC4)cc3)n2)c1. The van der Waals surface area contributed by atoms with Gasteiger partial charge in [0.2, 0.25) is 10.0 Å². The highest BCUT2D eigenvalue weighted by atomic mass is 32.2. The molecule has 2 aromatic carbocycles. The molecule has 0 bridgehead atoms. The van der Waals surface area contributed by atoms with Crippen LogP contribution >= 0.6 is 11.3 Å². The van der Waals surface area contributed by atoms with Gasteiger partial charge in [0, 0.05) is 29.6 Å². The number of benzene rings is 2. The first-order valence-corrected chi connectivity index (χ1v) is 13.5. The van der Waals surface area contributed by atoms with Gasteiger partial charge in [-0.3, -0.25) is 10.1 Å². The number of amides is 1. The molecule has 1 aliphatic carbocycles. The molecule has 0 spiro atoms. The average Bonchev–Trinajstić information content (AvgIpc) is 3.29. The summed E-state index contributed by atoms with van der Waals surface area (Å²) in [6.07, 6.45) is 5.08. The first kappa shape index (κ1) is 23.6. The molecule has 0 unspecified atom stereocenters. The molecule has 6 nitrogen and oxygen atoms in total. The molecule has 1 amide bonds. The van der Waals surface area contributed by atoms with E-state index in [1.54, 1.807) is 19.2 Å². The third-order valence-corrected chi connectivity index (χ3v) is 8.96. The molecule has 1 aromatic heterocycles. The minimum atomic E-state index is -3.58. The summed E-state index contributed by atoms with van der Waals surface area (Å²) in [5.74, 6) is -0.318.